The maximum atomic E-state index is 14.1. The largest absolute Gasteiger partial charge is 0.462 e. The van der Waals surface area contributed by atoms with Gasteiger partial charge in [-0.25, -0.2) is 9.38 Å². The van der Waals surface area contributed by atoms with Gasteiger partial charge in [0.05, 0.1) is 12.2 Å². The standard InChI is InChI=1S/C20H30FN3OS.C5H10O2/c1-6-18(25-16-9-11-24(4)12-10-16)14(2)23-20(22-3)15-7-8-19(26-5)17(21)13-15;1-5(2,3)7-4-6/h7-8,13,16,18H,6,9-12H2,1-5H3;4H,1-3H3. The first-order valence-corrected chi connectivity index (χ1v) is 12.6. The summed E-state index contributed by atoms with van der Waals surface area (Å²) >= 11 is 1.39. The summed E-state index contributed by atoms with van der Waals surface area (Å²) in [5, 5.41) is 0. The molecule has 186 valence electrons. The van der Waals surface area contributed by atoms with Crippen molar-refractivity contribution in [2.24, 2.45) is 9.98 Å². The van der Waals surface area contributed by atoms with Crippen LogP contribution >= 0.6 is 11.8 Å². The van der Waals surface area contributed by atoms with Crippen LogP contribution in [0.4, 0.5) is 4.39 Å². The molecule has 0 radical (unpaired) electrons. The van der Waals surface area contributed by atoms with Gasteiger partial charge in [-0.15, -0.1) is 11.8 Å². The average Bonchev–Trinajstić information content (AvgIpc) is 2.76. The number of halogens is 1. The summed E-state index contributed by atoms with van der Waals surface area (Å²) in [5.74, 6) is 0.304. The fraction of sp³-hybridized carbons (Fsp3) is 0.640. The maximum Gasteiger partial charge on any atom is 0.293 e. The number of hydrogen-bond donors (Lipinski definition) is 0. The van der Waals surface area contributed by atoms with E-state index >= 15 is 0 Å². The smallest absolute Gasteiger partial charge is 0.293 e. The maximum absolute atomic E-state index is 14.1. The fourth-order valence-electron chi connectivity index (χ4n) is 3.28. The quantitative estimate of drug-likeness (QED) is 0.231. The zero-order valence-corrected chi connectivity index (χ0v) is 22.2. The molecule has 1 fully saturated rings. The van der Waals surface area contributed by atoms with E-state index in [0.29, 0.717) is 22.8 Å². The molecule has 0 amide bonds. The van der Waals surface area contributed by atoms with Crippen LogP contribution in [0.3, 0.4) is 0 Å². The highest BCUT2D eigenvalue weighted by atomic mass is 32.2. The van der Waals surface area contributed by atoms with Crippen LogP contribution in [-0.4, -0.2) is 74.2 Å². The van der Waals surface area contributed by atoms with Crippen molar-refractivity contribution in [1.82, 2.24) is 4.90 Å². The lowest BCUT2D eigenvalue weighted by Gasteiger charge is -2.31. The van der Waals surface area contributed by atoms with Gasteiger partial charge in [-0.1, -0.05) is 6.92 Å². The second kappa shape index (κ2) is 14.5. The van der Waals surface area contributed by atoms with Crippen molar-refractivity contribution in [2.75, 3.05) is 33.4 Å². The van der Waals surface area contributed by atoms with E-state index in [1.807, 2.05) is 40.0 Å². The Morgan fingerprint density at radius 3 is 2.39 bits per heavy atom. The highest BCUT2D eigenvalue weighted by Crippen LogP contribution is 2.21. The number of amidine groups is 1. The molecule has 0 bridgehead atoms. The highest BCUT2D eigenvalue weighted by Gasteiger charge is 2.22. The summed E-state index contributed by atoms with van der Waals surface area (Å²) in [6, 6.07) is 5.15. The molecule has 1 aliphatic rings. The van der Waals surface area contributed by atoms with Crippen molar-refractivity contribution < 1.29 is 18.7 Å². The van der Waals surface area contributed by atoms with Crippen molar-refractivity contribution in [3.63, 3.8) is 0 Å². The van der Waals surface area contributed by atoms with E-state index in [-0.39, 0.29) is 23.6 Å². The molecule has 1 aliphatic heterocycles. The van der Waals surface area contributed by atoms with Crippen molar-refractivity contribution >= 4 is 29.8 Å². The first-order valence-electron chi connectivity index (χ1n) is 11.4. The van der Waals surface area contributed by atoms with Gasteiger partial charge in [-0.3, -0.25) is 9.79 Å². The number of nitrogens with zero attached hydrogens (tertiary/aromatic N) is 3. The lowest BCUT2D eigenvalue weighted by atomic mass is 10.1. The van der Waals surface area contributed by atoms with Crippen LogP contribution in [-0.2, 0) is 14.3 Å². The van der Waals surface area contributed by atoms with E-state index in [1.54, 1.807) is 13.1 Å². The van der Waals surface area contributed by atoms with Crippen LogP contribution in [0.5, 0.6) is 0 Å². The number of piperidine rings is 1. The topological polar surface area (TPSA) is 63.5 Å². The minimum absolute atomic E-state index is 0.0320. The predicted molar refractivity (Wildman–Crippen MR) is 136 cm³/mol. The van der Waals surface area contributed by atoms with Gasteiger partial charge >= 0.3 is 0 Å². The van der Waals surface area contributed by atoms with E-state index < -0.39 is 0 Å². The Hall–Kier alpha value is -1.77. The molecule has 6 nitrogen and oxygen atoms in total. The number of likely N-dealkylation sites (tertiary alicyclic amines) is 1. The lowest BCUT2D eigenvalue weighted by molar-refractivity contribution is -0.138. The highest BCUT2D eigenvalue weighted by molar-refractivity contribution is 7.98. The van der Waals surface area contributed by atoms with Crippen LogP contribution in [0.15, 0.2) is 33.1 Å². The van der Waals surface area contributed by atoms with Crippen molar-refractivity contribution in [3.8, 4) is 0 Å². The summed E-state index contributed by atoms with van der Waals surface area (Å²) in [4.78, 5) is 21.5. The van der Waals surface area contributed by atoms with E-state index in [2.05, 4.69) is 33.6 Å². The zero-order chi connectivity index (χ0) is 25.0. The number of thioether (sulfide) groups is 1. The van der Waals surface area contributed by atoms with Crippen molar-refractivity contribution in [3.05, 3.63) is 29.6 Å². The molecule has 1 atom stereocenters. The summed E-state index contributed by atoms with van der Waals surface area (Å²) in [7, 11) is 3.83. The molecule has 0 N–H and O–H groups in total. The molecule has 1 saturated heterocycles. The Labute approximate surface area is 203 Å². The average molecular weight is 482 g/mol. The molecular formula is C25H40FN3O3S. The van der Waals surface area contributed by atoms with Gasteiger partial charge in [0.15, 0.2) is 5.84 Å². The molecule has 1 heterocycles. The Morgan fingerprint density at radius 1 is 1.33 bits per heavy atom. The van der Waals surface area contributed by atoms with Crippen LogP contribution in [0.2, 0.25) is 0 Å². The minimum Gasteiger partial charge on any atom is -0.462 e. The number of carbonyl (C=O) groups is 1. The van der Waals surface area contributed by atoms with Crippen LogP contribution in [0.25, 0.3) is 0 Å². The van der Waals surface area contributed by atoms with Gasteiger partial charge in [0.25, 0.3) is 6.47 Å². The molecule has 2 rings (SSSR count). The van der Waals surface area contributed by atoms with Gasteiger partial charge in [0.1, 0.15) is 11.4 Å². The fourth-order valence-corrected chi connectivity index (χ4v) is 3.73. The van der Waals surface area contributed by atoms with E-state index in [1.165, 1.54) is 17.8 Å². The summed E-state index contributed by atoms with van der Waals surface area (Å²) in [6.07, 6.45) is 5.07. The molecule has 1 unspecified atom stereocenters. The van der Waals surface area contributed by atoms with E-state index in [4.69, 9.17) is 4.74 Å². The Bertz CT molecular complexity index is 801. The number of hydrogen-bond acceptors (Lipinski definition) is 6. The normalized spacial score (nSPS) is 17.2. The second-order valence-corrected chi connectivity index (χ2v) is 9.86. The van der Waals surface area contributed by atoms with Crippen molar-refractivity contribution in [2.45, 2.75) is 76.6 Å². The van der Waals surface area contributed by atoms with Crippen LogP contribution in [0, 0.1) is 5.82 Å². The number of benzene rings is 1. The second-order valence-electron chi connectivity index (χ2n) is 9.01. The Morgan fingerprint density at radius 2 is 1.97 bits per heavy atom. The number of rotatable bonds is 7. The molecule has 0 aliphatic carbocycles. The van der Waals surface area contributed by atoms with Gasteiger partial charge < -0.3 is 14.4 Å². The molecule has 33 heavy (non-hydrogen) atoms. The molecule has 0 spiro atoms. The number of ether oxygens (including phenoxy) is 2. The number of carbonyl (C=O) groups excluding carboxylic acids is 1. The van der Waals surface area contributed by atoms with E-state index in [0.717, 1.165) is 38.1 Å². The first kappa shape index (κ1) is 29.3. The molecule has 1 aromatic rings. The van der Waals surface area contributed by atoms with Crippen molar-refractivity contribution in [1.29, 1.82) is 0 Å². The van der Waals surface area contributed by atoms with Gasteiger partial charge in [0.2, 0.25) is 0 Å². The van der Waals surface area contributed by atoms with Gasteiger partial charge in [0, 0.05) is 36.3 Å². The Kier molecular flexibility index (Phi) is 12.8. The molecule has 0 aromatic heterocycles. The third-order valence-electron chi connectivity index (χ3n) is 5.16. The zero-order valence-electron chi connectivity index (χ0n) is 21.4. The molecule has 1 aromatic carbocycles. The minimum atomic E-state index is -0.318. The summed E-state index contributed by atoms with van der Waals surface area (Å²) in [6.45, 7) is 12.1. The lowest BCUT2D eigenvalue weighted by Crippen LogP contribution is -2.37. The predicted octanol–water partition coefficient (Wildman–Crippen LogP) is 5.23. The monoisotopic (exact) mass is 481 g/mol. The SMILES string of the molecule is CC(C)(C)OC=O.CCC(OC1CCN(C)CC1)C(C)=NC(=NC)c1ccc(SC)c(F)c1. The van der Waals surface area contributed by atoms with Crippen LogP contribution < -0.4 is 0 Å². The van der Waals surface area contributed by atoms with Gasteiger partial charge in [-0.05, 0) is 78.5 Å². The van der Waals surface area contributed by atoms with E-state index in [9.17, 15) is 9.18 Å². The summed E-state index contributed by atoms with van der Waals surface area (Å²) < 4.78 is 24.9. The number of aliphatic imine (C=N–C) groups is 2. The van der Waals surface area contributed by atoms with Gasteiger partial charge in [-0.2, -0.15) is 0 Å². The molecule has 0 saturated carbocycles. The third-order valence-corrected chi connectivity index (χ3v) is 5.94. The third kappa shape index (κ3) is 10.8. The Balaban J connectivity index is 0.000000675. The molecular weight excluding hydrogens is 441 g/mol. The van der Waals surface area contributed by atoms with Crippen LogP contribution in [0.1, 0.15) is 59.4 Å². The summed E-state index contributed by atoms with van der Waals surface area (Å²) in [5.41, 5.74) is 1.26. The molecule has 8 heteroatoms. The first-order chi connectivity index (χ1) is 15.5.